The van der Waals surface area contributed by atoms with Crippen LogP contribution < -0.4 is 0 Å². The SMILES string of the molecule is O[SiH]1C=CC=C[SiH]1O. The van der Waals surface area contributed by atoms with Gasteiger partial charge in [-0.15, -0.1) is 0 Å². The summed E-state index contributed by atoms with van der Waals surface area (Å²) in [4.78, 5) is 18.0. The molecule has 4 heteroatoms. The number of hydrogen-bond donors (Lipinski definition) is 2. The third kappa shape index (κ3) is 1.16. The van der Waals surface area contributed by atoms with Crippen molar-refractivity contribution >= 4 is 17.1 Å². The first kappa shape index (κ1) is 5.96. The summed E-state index contributed by atoms with van der Waals surface area (Å²) in [6.07, 6.45) is 3.60. The zero-order valence-corrected chi connectivity index (χ0v) is 6.67. The highest BCUT2D eigenvalue weighted by Gasteiger charge is 2.16. The van der Waals surface area contributed by atoms with Gasteiger partial charge < -0.3 is 9.59 Å². The van der Waals surface area contributed by atoms with E-state index in [9.17, 15) is 0 Å². The summed E-state index contributed by atoms with van der Waals surface area (Å²) in [6.45, 7) is 0. The molecule has 1 heterocycles. The predicted molar refractivity (Wildman–Crippen MR) is 37.0 cm³/mol. The van der Waals surface area contributed by atoms with Crippen LogP contribution in [0.3, 0.4) is 0 Å². The standard InChI is InChI=1S/C4H8O2Si2/c5-7-3-1-2-4-8(7)6/h1-8H. The lowest BCUT2D eigenvalue weighted by molar-refractivity contribution is 0.562. The first-order chi connectivity index (χ1) is 3.80. The summed E-state index contributed by atoms with van der Waals surface area (Å²) in [6, 6.07) is 0. The number of hydrogen-bond acceptors (Lipinski definition) is 2. The van der Waals surface area contributed by atoms with Gasteiger partial charge in [0, 0.05) is 0 Å². The summed E-state index contributed by atoms with van der Waals surface area (Å²) < 4.78 is 0. The smallest absolute Gasteiger partial charge is 0.215 e. The number of allylic oxidation sites excluding steroid dienone is 2. The Hall–Kier alpha value is -0.166. The number of rotatable bonds is 0. The van der Waals surface area contributed by atoms with E-state index in [1.807, 2.05) is 0 Å². The highest BCUT2D eigenvalue weighted by Crippen LogP contribution is 1.94. The molecule has 0 saturated heterocycles. The van der Waals surface area contributed by atoms with E-state index in [-0.39, 0.29) is 0 Å². The second-order valence-corrected chi connectivity index (χ2v) is 8.58. The molecule has 0 aromatic heterocycles. The van der Waals surface area contributed by atoms with Crippen molar-refractivity contribution in [1.29, 1.82) is 0 Å². The zero-order valence-electron chi connectivity index (χ0n) is 4.36. The molecular formula is C4H8O2Si2. The fourth-order valence-corrected chi connectivity index (χ4v) is 3.89. The van der Waals surface area contributed by atoms with E-state index in [1.54, 1.807) is 23.6 Å². The lowest BCUT2D eigenvalue weighted by Crippen LogP contribution is -2.33. The van der Waals surface area contributed by atoms with Gasteiger partial charge in [0.05, 0.1) is 0 Å². The third-order valence-corrected chi connectivity index (χ3v) is 6.44. The van der Waals surface area contributed by atoms with Gasteiger partial charge in [-0.05, 0) is 0 Å². The summed E-state index contributed by atoms with van der Waals surface area (Å²) in [5, 5.41) is 0. The predicted octanol–water partition coefficient (Wildman–Crippen LogP) is -1.30. The molecule has 1 aliphatic heterocycles. The van der Waals surface area contributed by atoms with Crippen LogP contribution in [0.15, 0.2) is 23.6 Å². The zero-order chi connectivity index (χ0) is 5.98. The molecule has 2 atom stereocenters. The Bertz CT molecular complexity index is 116. The second-order valence-electron chi connectivity index (χ2n) is 1.75. The lowest BCUT2D eigenvalue weighted by Gasteiger charge is -2.07. The average molecular weight is 144 g/mol. The Morgan fingerprint density at radius 2 is 1.25 bits per heavy atom. The van der Waals surface area contributed by atoms with Gasteiger partial charge in [0.25, 0.3) is 0 Å². The van der Waals surface area contributed by atoms with Crippen LogP contribution in [0.25, 0.3) is 0 Å². The molecule has 0 bridgehead atoms. The van der Waals surface area contributed by atoms with Crippen LogP contribution in [0.5, 0.6) is 0 Å². The van der Waals surface area contributed by atoms with E-state index in [2.05, 4.69) is 0 Å². The largest absolute Gasteiger partial charge is 0.431 e. The Morgan fingerprint density at radius 1 is 0.875 bits per heavy atom. The van der Waals surface area contributed by atoms with Gasteiger partial charge in [0.15, 0.2) is 0 Å². The third-order valence-electron chi connectivity index (χ3n) is 1.08. The maximum Gasteiger partial charge on any atom is 0.215 e. The van der Waals surface area contributed by atoms with Crippen LogP contribution in [0, 0.1) is 0 Å². The van der Waals surface area contributed by atoms with Gasteiger partial charge >= 0.3 is 0 Å². The molecule has 44 valence electrons. The first-order valence-electron chi connectivity index (χ1n) is 2.52. The quantitative estimate of drug-likeness (QED) is 0.415. The molecule has 1 aliphatic rings. The highest BCUT2D eigenvalue weighted by atomic mass is 29.2. The Labute approximate surface area is 51.0 Å². The van der Waals surface area contributed by atoms with Gasteiger partial charge in [0.2, 0.25) is 17.1 Å². The summed E-state index contributed by atoms with van der Waals surface area (Å²) in [5.41, 5.74) is 3.49. The molecule has 0 spiro atoms. The van der Waals surface area contributed by atoms with Gasteiger partial charge in [-0.1, -0.05) is 23.6 Å². The molecule has 2 unspecified atom stereocenters. The minimum absolute atomic E-state index is 1.75. The van der Waals surface area contributed by atoms with Crippen LogP contribution >= 0.6 is 0 Å². The van der Waals surface area contributed by atoms with Gasteiger partial charge in [0.1, 0.15) is 0 Å². The van der Waals surface area contributed by atoms with Crippen molar-refractivity contribution in [2.24, 2.45) is 0 Å². The average Bonchev–Trinajstić information content (AvgIpc) is 1.77. The molecular weight excluding hydrogens is 136 g/mol. The molecule has 0 amide bonds. The van der Waals surface area contributed by atoms with E-state index in [0.29, 0.717) is 0 Å². The monoisotopic (exact) mass is 144 g/mol. The van der Waals surface area contributed by atoms with E-state index in [1.165, 1.54) is 0 Å². The van der Waals surface area contributed by atoms with Gasteiger partial charge in [-0.2, -0.15) is 0 Å². The van der Waals surface area contributed by atoms with E-state index >= 15 is 0 Å². The topological polar surface area (TPSA) is 40.5 Å². The minimum atomic E-state index is -1.76. The second kappa shape index (κ2) is 2.41. The van der Waals surface area contributed by atoms with Crippen LogP contribution in [-0.4, -0.2) is 26.7 Å². The Morgan fingerprint density at radius 3 is 1.50 bits per heavy atom. The molecule has 0 aromatic carbocycles. The molecule has 0 aliphatic carbocycles. The van der Waals surface area contributed by atoms with Crippen LogP contribution in [-0.2, 0) is 0 Å². The fourth-order valence-electron chi connectivity index (χ4n) is 0.584. The van der Waals surface area contributed by atoms with Crippen molar-refractivity contribution in [3.63, 3.8) is 0 Å². The molecule has 8 heavy (non-hydrogen) atoms. The molecule has 2 N–H and O–H groups in total. The highest BCUT2D eigenvalue weighted by molar-refractivity contribution is 7.20. The van der Waals surface area contributed by atoms with Crippen molar-refractivity contribution < 1.29 is 9.59 Å². The summed E-state index contributed by atoms with van der Waals surface area (Å²) in [5.74, 6) is 0. The lowest BCUT2D eigenvalue weighted by atomic mass is 10.6. The van der Waals surface area contributed by atoms with Crippen LogP contribution in [0.2, 0.25) is 0 Å². The van der Waals surface area contributed by atoms with E-state index in [4.69, 9.17) is 9.59 Å². The molecule has 0 fully saturated rings. The molecule has 1 rings (SSSR count). The van der Waals surface area contributed by atoms with Crippen molar-refractivity contribution in [2.45, 2.75) is 0 Å². The van der Waals surface area contributed by atoms with Crippen molar-refractivity contribution in [2.75, 3.05) is 0 Å². The van der Waals surface area contributed by atoms with Crippen molar-refractivity contribution in [3.8, 4) is 0 Å². The van der Waals surface area contributed by atoms with Crippen molar-refractivity contribution in [1.82, 2.24) is 0 Å². The fraction of sp³-hybridized carbons (Fsp3) is 0. The maximum absolute atomic E-state index is 8.99. The molecule has 2 nitrogen and oxygen atoms in total. The first-order valence-corrected chi connectivity index (χ1v) is 7.55. The normalized spacial score (nSPS) is 35.8. The van der Waals surface area contributed by atoms with Crippen LogP contribution in [0.1, 0.15) is 0 Å². The van der Waals surface area contributed by atoms with Crippen LogP contribution in [0.4, 0.5) is 0 Å². The van der Waals surface area contributed by atoms with E-state index < -0.39 is 17.1 Å². The molecule has 0 aromatic rings. The summed E-state index contributed by atoms with van der Waals surface area (Å²) in [7, 11) is -3.52. The minimum Gasteiger partial charge on any atom is -0.431 e. The van der Waals surface area contributed by atoms with Gasteiger partial charge in [-0.25, -0.2) is 0 Å². The molecule has 0 radical (unpaired) electrons. The Kier molecular flexibility index (Phi) is 1.79. The Balaban J connectivity index is 2.59. The molecule has 0 saturated carbocycles. The van der Waals surface area contributed by atoms with Crippen molar-refractivity contribution in [3.05, 3.63) is 23.6 Å². The maximum atomic E-state index is 8.99. The van der Waals surface area contributed by atoms with E-state index in [0.717, 1.165) is 0 Å². The van der Waals surface area contributed by atoms with Gasteiger partial charge in [-0.3, -0.25) is 0 Å². The summed E-state index contributed by atoms with van der Waals surface area (Å²) >= 11 is 0.